The molecule has 114 valence electrons. The average Bonchev–Trinajstić information content (AvgIpc) is 2.45. The van der Waals surface area contributed by atoms with Crippen LogP contribution in [0.15, 0.2) is 29.3 Å². The fourth-order valence-electron chi connectivity index (χ4n) is 1.73. The third-order valence-electron chi connectivity index (χ3n) is 2.93. The number of methoxy groups -OCH3 is 1. The highest BCUT2D eigenvalue weighted by atomic mass is 127. The number of benzene rings is 1. The van der Waals surface area contributed by atoms with Gasteiger partial charge in [0.1, 0.15) is 5.75 Å². The second-order valence-corrected chi connectivity index (χ2v) is 4.54. The molecule has 0 fully saturated rings. The lowest BCUT2D eigenvalue weighted by molar-refractivity contribution is 0.414. The highest BCUT2D eigenvalue weighted by Gasteiger charge is 1.95. The summed E-state index contributed by atoms with van der Waals surface area (Å²) in [4.78, 5) is 4.31. The Morgan fingerprint density at radius 1 is 1.20 bits per heavy atom. The Bertz CT molecular complexity index is 379. The summed E-state index contributed by atoms with van der Waals surface area (Å²) in [6, 6.07) is 7.85. The van der Waals surface area contributed by atoms with E-state index >= 15 is 0 Å². The number of nitrogens with two attached hydrogens (primary N) is 1. The first kappa shape index (κ1) is 19.0. The van der Waals surface area contributed by atoms with E-state index in [0.717, 1.165) is 24.3 Å². The van der Waals surface area contributed by atoms with Gasteiger partial charge in [-0.3, -0.25) is 0 Å². The summed E-state index contributed by atoms with van der Waals surface area (Å²) in [6.45, 7) is 3.70. The molecule has 0 bridgehead atoms. The van der Waals surface area contributed by atoms with Gasteiger partial charge in [0.15, 0.2) is 5.96 Å². The maximum Gasteiger partial charge on any atom is 0.188 e. The minimum atomic E-state index is 0. The van der Waals surface area contributed by atoms with E-state index in [0.29, 0.717) is 12.5 Å². The summed E-state index contributed by atoms with van der Waals surface area (Å²) >= 11 is 0. The predicted molar refractivity (Wildman–Crippen MR) is 95.9 cm³/mol. The molecule has 0 unspecified atom stereocenters. The van der Waals surface area contributed by atoms with Crippen LogP contribution in [0, 0.1) is 0 Å². The molecule has 0 amide bonds. The average molecular weight is 391 g/mol. The summed E-state index contributed by atoms with van der Waals surface area (Å²) in [7, 11) is 1.66. The van der Waals surface area contributed by atoms with Gasteiger partial charge < -0.3 is 15.8 Å². The fourth-order valence-corrected chi connectivity index (χ4v) is 1.73. The van der Waals surface area contributed by atoms with Crippen molar-refractivity contribution in [3.63, 3.8) is 0 Å². The molecule has 0 spiro atoms. The van der Waals surface area contributed by atoms with Crippen molar-refractivity contribution in [1.82, 2.24) is 5.32 Å². The molecule has 0 aliphatic heterocycles. The van der Waals surface area contributed by atoms with Gasteiger partial charge in [0.25, 0.3) is 0 Å². The molecule has 0 heterocycles. The van der Waals surface area contributed by atoms with Crippen molar-refractivity contribution in [3.05, 3.63) is 29.8 Å². The van der Waals surface area contributed by atoms with E-state index < -0.39 is 0 Å². The molecule has 0 radical (unpaired) electrons. The smallest absolute Gasteiger partial charge is 0.188 e. The van der Waals surface area contributed by atoms with Crippen LogP contribution in [0.3, 0.4) is 0 Å². The first-order valence-electron chi connectivity index (χ1n) is 6.93. The van der Waals surface area contributed by atoms with Crippen LogP contribution in [-0.4, -0.2) is 19.6 Å². The van der Waals surface area contributed by atoms with Crippen LogP contribution < -0.4 is 15.8 Å². The standard InChI is InChI=1S/C15H25N3O.HI/c1-3-4-5-6-11-17-15(16)18-12-13-7-9-14(19-2)10-8-13;/h7-10H,3-6,11-12H2,1-2H3,(H3,16,17,18);1H. The van der Waals surface area contributed by atoms with Gasteiger partial charge in [-0.15, -0.1) is 24.0 Å². The van der Waals surface area contributed by atoms with Gasteiger partial charge in [-0.2, -0.15) is 0 Å². The summed E-state index contributed by atoms with van der Waals surface area (Å²) in [5.41, 5.74) is 6.93. The summed E-state index contributed by atoms with van der Waals surface area (Å²) in [5, 5.41) is 3.14. The third kappa shape index (κ3) is 8.24. The van der Waals surface area contributed by atoms with Crippen LogP contribution in [0.2, 0.25) is 0 Å². The van der Waals surface area contributed by atoms with Gasteiger partial charge in [-0.05, 0) is 24.1 Å². The zero-order chi connectivity index (χ0) is 13.9. The predicted octanol–water partition coefficient (Wildman–Crippen LogP) is 3.30. The molecule has 0 aliphatic rings. The zero-order valence-corrected chi connectivity index (χ0v) is 14.7. The third-order valence-corrected chi connectivity index (χ3v) is 2.93. The minimum Gasteiger partial charge on any atom is -0.497 e. The molecule has 0 saturated heterocycles. The maximum absolute atomic E-state index is 5.81. The lowest BCUT2D eigenvalue weighted by Gasteiger charge is -2.05. The number of guanidine groups is 1. The second-order valence-electron chi connectivity index (χ2n) is 4.54. The van der Waals surface area contributed by atoms with Crippen LogP contribution in [0.5, 0.6) is 5.75 Å². The molecule has 20 heavy (non-hydrogen) atoms. The van der Waals surface area contributed by atoms with E-state index in [1.54, 1.807) is 7.11 Å². The van der Waals surface area contributed by atoms with Crippen LogP contribution in [-0.2, 0) is 6.54 Å². The molecular weight excluding hydrogens is 365 g/mol. The van der Waals surface area contributed by atoms with Gasteiger partial charge in [-0.1, -0.05) is 38.3 Å². The van der Waals surface area contributed by atoms with Crippen LogP contribution in [0.1, 0.15) is 38.2 Å². The van der Waals surface area contributed by atoms with E-state index in [4.69, 9.17) is 10.5 Å². The normalized spacial score (nSPS) is 10.8. The van der Waals surface area contributed by atoms with Crippen molar-refractivity contribution in [1.29, 1.82) is 0 Å². The molecule has 4 nitrogen and oxygen atoms in total. The van der Waals surface area contributed by atoms with Crippen molar-refractivity contribution in [2.75, 3.05) is 13.7 Å². The molecule has 0 aromatic heterocycles. The molecule has 3 N–H and O–H groups in total. The zero-order valence-electron chi connectivity index (χ0n) is 12.4. The SMILES string of the molecule is CCCCCCNC(N)=NCc1ccc(OC)cc1.I. The van der Waals surface area contributed by atoms with Gasteiger partial charge >= 0.3 is 0 Å². The number of hydrogen-bond donors (Lipinski definition) is 2. The fraction of sp³-hybridized carbons (Fsp3) is 0.533. The van der Waals surface area contributed by atoms with Crippen molar-refractivity contribution in [2.45, 2.75) is 39.2 Å². The first-order valence-corrected chi connectivity index (χ1v) is 6.93. The molecule has 1 rings (SSSR count). The Hall–Kier alpha value is -0.980. The summed E-state index contributed by atoms with van der Waals surface area (Å²) in [5.74, 6) is 1.38. The second kappa shape index (κ2) is 11.8. The number of ether oxygens (including phenoxy) is 1. The molecule has 0 aliphatic carbocycles. The van der Waals surface area contributed by atoms with Crippen molar-refractivity contribution < 1.29 is 4.74 Å². The highest BCUT2D eigenvalue weighted by Crippen LogP contribution is 2.11. The number of unbranched alkanes of at least 4 members (excludes halogenated alkanes) is 3. The number of halogens is 1. The molecule has 0 atom stereocenters. The van der Waals surface area contributed by atoms with Crippen molar-refractivity contribution in [3.8, 4) is 5.75 Å². The Balaban J connectivity index is 0.00000361. The minimum absolute atomic E-state index is 0. The van der Waals surface area contributed by atoms with E-state index in [1.165, 1.54) is 19.3 Å². The van der Waals surface area contributed by atoms with E-state index in [2.05, 4.69) is 17.2 Å². The monoisotopic (exact) mass is 391 g/mol. The van der Waals surface area contributed by atoms with Crippen LogP contribution in [0.4, 0.5) is 0 Å². The van der Waals surface area contributed by atoms with Gasteiger partial charge in [0, 0.05) is 6.54 Å². The lowest BCUT2D eigenvalue weighted by atomic mass is 10.2. The Morgan fingerprint density at radius 3 is 2.50 bits per heavy atom. The van der Waals surface area contributed by atoms with Crippen LogP contribution >= 0.6 is 24.0 Å². The van der Waals surface area contributed by atoms with Crippen molar-refractivity contribution >= 4 is 29.9 Å². The van der Waals surface area contributed by atoms with E-state index in [-0.39, 0.29) is 24.0 Å². The quantitative estimate of drug-likeness (QED) is 0.310. The maximum atomic E-state index is 5.81. The summed E-state index contributed by atoms with van der Waals surface area (Å²) < 4.78 is 5.11. The molecule has 5 heteroatoms. The number of nitrogens with zero attached hydrogens (tertiary/aromatic N) is 1. The van der Waals surface area contributed by atoms with Gasteiger partial charge in [-0.25, -0.2) is 4.99 Å². The Morgan fingerprint density at radius 2 is 1.90 bits per heavy atom. The highest BCUT2D eigenvalue weighted by molar-refractivity contribution is 14.0. The van der Waals surface area contributed by atoms with Crippen molar-refractivity contribution in [2.24, 2.45) is 10.7 Å². The molecule has 1 aromatic carbocycles. The topological polar surface area (TPSA) is 59.6 Å². The first-order chi connectivity index (χ1) is 9.26. The summed E-state index contributed by atoms with van der Waals surface area (Å²) in [6.07, 6.45) is 4.92. The number of hydrogen-bond acceptors (Lipinski definition) is 2. The number of nitrogens with one attached hydrogen (secondary N) is 1. The van der Waals surface area contributed by atoms with Gasteiger partial charge in [0.05, 0.1) is 13.7 Å². The number of aliphatic imine (C=N–C) groups is 1. The largest absolute Gasteiger partial charge is 0.497 e. The lowest BCUT2D eigenvalue weighted by Crippen LogP contribution is -2.32. The van der Waals surface area contributed by atoms with E-state index in [1.807, 2.05) is 24.3 Å². The Kier molecular flexibility index (Phi) is 11.2. The van der Waals surface area contributed by atoms with E-state index in [9.17, 15) is 0 Å². The van der Waals surface area contributed by atoms with Crippen LogP contribution in [0.25, 0.3) is 0 Å². The molecule has 1 aromatic rings. The van der Waals surface area contributed by atoms with Gasteiger partial charge in [0.2, 0.25) is 0 Å². The number of rotatable bonds is 8. The Labute approximate surface area is 139 Å². The molecule has 0 saturated carbocycles. The molecular formula is C15H26IN3O.